The minimum Gasteiger partial charge on any atom is -0.369 e. The number of carbonyl (C=O) groups excluding carboxylic acids is 1. The second-order valence-corrected chi connectivity index (χ2v) is 7.82. The van der Waals surface area contributed by atoms with E-state index in [0.717, 1.165) is 6.42 Å². The van der Waals surface area contributed by atoms with Gasteiger partial charge < -0.3 is 5.73 Å². The molecule has 1 aliphatic heterocycles. The van der Waals surface area contributed by atoms with Gasteiger partial charge in [-0.15, -0.1) is 0 Å². The normalized spacial score (nSPS) is 27.7. The molecular formula is C23H25N3O. The molecule has 4 nitrogen and oxygen atoms in total. The molecule has 1 saturated carbocycles. The summed E-state index contributed by atoms with van der Waals surface area (Å²) in [7, 11) is 1.69. The Bertz CT molecular complexity index is 918. The van der Waals surface area contributed by atoms with Crippen LogP contribution in [0.4, 0.5) is 0 Å². The monoisotopic (exact) mass is 359 g/mol. The Morgan fingerprint density at radius 3 is 2.56 bits per heavy atom. The molecular weight excluding hydrogens is 334 g/mol. The van der Waals surface area contributed by atoms with Crippen LogP contribution in [0.25, 0.3) is 12.2 Å². The van der Waals surface area contributed by atoms with Crippen LogP contribution < -0.4 is 5.73 Å². The zero-order valence-corrected chi connectivity index (χ0v) is 15.8. The number of nitrogens with two attached hydrogens (primary N) is 1. The first kappa shape index (κ1) is 17.5. The van der Waals surface area contributed by atoms with E-state index in [-0.39, 0.29) is 5.91 Å². The lowest BCUT2D eigenvalue weighted by molar-refractivity contribution is -0.128. The average Bonchev–Trinajstić information content (AvgIpc) is 3.47. The molecule has 0 bridgehead atoms. The lowest BCUT2D eigenvalue weighted by Crippen LogP contribution is -2.49. The van der Waals surface area contributed by atoms with Crippen LogP contribution in [-0.2, 0) is 4.79 Å². The third-order valence-corrected chi connectivity index (χ3v) is 5.79. The predicted molar refractivity (Wildman–Crippen MR) is 110 cm³/mol. The molecule has 2 aromatic carbocycles. The van der Waals surface area contributed by atoms with Gasteiger partial charge in [0, 0.05) is 7.05 Å². The number of amides is 1. The molecule has 0 aromatic heterocycles. The number of hydrogen-bond acceptors (Lipinski definition) is 3. The van der Waals surface area contributed by atoms with Crippen molar-refractivity contribution < 1.29 is 4.79 Å². The van der Waals surface area contributed by atoms with E-state index in [9.17, 15) is 4.79 Å². The highest BCUT2D eigenvalue weighted by atomic mass is 16.2. The molecule has 1 fully saturated rings. The van der Waals surface area contributed by atoms with Crippen molar-refractivity contribution in [3.05, 3.63) is 71.3 Å². The SMILES string of the molecule is CN1C(=O)C[C@@](C)([C@@H]2C[C@H]2c2cccc(C=Cc3ccccc3)c2)N=C1N. The Balaban J connectivity index is 1.51. The topological polar surface area (TPSA) is 58.7 Å². The highest BCUT2D eigenvalue weighted by Crippen LogP contribution is 2.56. The lowest BCUT2D eigenvalue weighted by Gasteiger charge is -2.33. The van der Waals surface area contributed by atoms with E-state index in [4.69, 9.17) is 5.73 Å². The van der Waals surface area contributed by atoms with Crippen LogP contribution in [0.5, 0.6) is 0 Å². The smallest absolute Gasteiger partial charge is 0.231 e. The van der Waals surface area contributed by atoms with E-state index in [2.05, 4.69) is 60.5 Å². The van der Waals surface area contributed by atoms with Gasteiger partial charge >= 0.3 is 0 Å². The summed E-state index contributed by atoms with van der Waals surface area (Å²) >= 11 is 0. The second-order valence-electron chi connectivity index (χ2n) is 7.82. The number of guanidine groups is 1. The van der Waals surface area contributed by atoms with Gasteiger partial charge in [0.15, 0.2) is 5.96 Å². The Labute approximate surface area is 160 Å². The molecule has 2 aliphatic rings. The minimum atomic E-state index is -0.395. The number of benzene rings is 2. The van der Waals surface area contributed by atoms with Crippen LogP contribution in [0.1, 0.15) is 42.4 Å². The Morgan fingerprint density at radius 2 is 1.81 bits per heavy atom. The van der Waals surface area contributed by atoms with Gasteiger partial charge in [-0.1, -0.05) is 66.7 Å². The van der Waals surface area contributed by atoms with Crippen LogP contribution in [0, 0.1) is 5.92 Å². The molecule has 1 amide bonds. The van der Waals surface area contributed by atoms with E-state index in [0.29, 0.717) is 24.2 Å². The second kappa shape index (κ2) is 6.69. The molecule has 27 heavy (non-hydrogen) atoms. The predicted octanol–water partition coefficient (Wildman–Crippen LogP) is 3.90. The Morgan fingerprint density at radius 1 is 1.11 bits per heavy atom. The summed E-state index contributed by atoms with van der Waals surface area (Å²) in [6.07, 6.45) is 5.76. The number of aliphatic imine (C=N–C) groups is 1. The summed E-state index contributed by atoms with van der Waals surface area (Å²) in [5, 5.41) is 0. The highest BCUT2D eigenvalue weighted by Gasteiger charge is 2.53. The van der Waals surface area contributed by atoms with Crippen LogP contribution >= 0.6 is 0 Å². The summed E-state index contributed by atoms with van der Waals surface area (Å²) in [4.78, 5) is 18.3. The molecule has 2 aromatic rings. The van der Waals surface area contributed by atoms with E-state index < -0.39 is 5.54 Å². The Hall–Kier alpha value is -2.88. The maximum absolute atomic E-state index is 12.2. The van der Waals surface area contributed by atoms with Gasteiger partial charge in [-0.25, -0.2) is 4.99 Å². The summed E-state index contributed by atoms with van der Waals surface area (Å²) in [6.45, 7) is 2.06. The van der Waals surface area contributed by atoms with E-state index in [1.165, 1.54) is 21.6 Å². The van der Waals surface area contributed by atoms with Gasteiger partial charge in [0.1, 0.15) is 0 Å². The van der Waals surface area contributed by atoms with Gasteiger partial charge in [0.05, 0.1) is 12.0 Å². The fraction of sp³-hybridized carbons (Fsp3) is 0.304. The number of nitrogens with zero attached hydrogens (tertiary/aromatic N) is 2. The first-order chi connectivity index (χ1) is 13.0. The van der Waals surface area contributed by atoms with Crippen molar-refractivity contribution in [1.82, 2.24) is 4.90 Å². The van der Waals surface area contributed by atoms with Crippen LogP contribution in [0.2, 0.25) is 0 Å². The van der Waals surface area contributed by atoms with E-state index >= 15 is 0 Å². The van der Waals surface area contributed by atoms with Gasteiger partial charge in [-0.3, -0.25) is 9.69 Å². The third-order valence-electron chi connectivity index (χ3n) is 5.79. The first-order valence-electron chi connectivity index (χ1n) is 9.41. The van der Waals surface area contributed by atoms with Crippen LogP contribution in [0.3, 0.4) is 0 Å². The van der Waals surface area contributed by atoms with Crippen molar-refractivity contribution in [3.63, 3.8) is 0 Å². The maximum Gasteiger partial charge on any atom is 0.231 e. The molecule has 1 heterocycles. The molecule has 0 spiro atoms. The summed E-state index contributed by atoms with van der Waals surface area (Å²) in [5.74, 6) is 1.18. The standard InChI is InChI=1S/C23H25N3O/c1-23(15-21(27)26(2)22(24)25-23)20-14-19(20)18-10-6-9-17(13-18)12-11-16-7-4-3-5-8-16/h3-13,19-20H,14-15H2,1-2H3,(H2,24,25)/t19-,20+,23-/m0/s1. The van der Waals surface area contributed by atoms with Crippen molar-refractivity contribution >= 4 is 24.0 Å². The largest absolute Gasteiger partial charge is 0.369 e. The average molecular weight is 359 g/mol. The van der Waals surface area contributed by atoms with Crippen molar-refractivity contribution in [2.24, 2.45) is 16.6 Å². The van der Waals surface area contributed by atoms with Gasteiger partial charge in [0.25, 0.3) is 0 Å². The fourth-order valence-corrected chi connectivity index (χ4v) is 4.04. The third kappa shape index (κ3) is 3.52. The highest BCUT2D eigenvalue weighted by molar-refractivity contribution is 5.98. The van der Waals surface area contributed by atoms with Crippen LogP contribution in [-0.4, -0.2) is 29.4 Å². The van der Waals surface area contributed by atoms with Crippen molar-refractivity contribution in [2.75, 3.05) is 7.05 Å². The van der Waals surface area contributed by atoms with Crippen LogP contribution in [0.15, 0.2) is 59.6 Å². The van der Waals surface area contributed by atoms with Gasteiger partial charge in [-0.2, -0.15) is 0 Å². The molecule has 0 radical (unpaired) electrons. The van der Waals surface area contributed by atoms with Crippen molar-refractivity contribution in [1.29, 1.82) is 0 Å². The van der Waals surface area contributed by atoms with Gasteiger partial charge in [-0.05, 0) is 41.9 Å². The zero-order chi connectivity index (χ0) is 19.0. The fourth-order valence-electron chi connectivity index (χ4n) is 4.04. The molecule has 0 unspecified atom stereocenters. The Kier molecular flexibility index (Phi) is 4.34. The van der Waals surface area contributed by atoms with Crippen molar-refractivity contribution in [2.45, 2.75) is 31.2 Å². The zero-order valence-electron chi connectivity index (χ0n) is 15.8. The number of carbonyl (C=O) groups is 1. The minimum absolute atomic E-state index is 0.0511. The summed E-state index contributed by atoms with van der Waals surface area (Å²) in [5.41, 5.74) is 9.26. The number of hydrogen-bond donors (Lipinski definition) is 1. The molecule has 138 valence electrons. The number of rotatable bonds is 4. The van der Waals surface area contributed by atoms with Gasteiger partial charge in [0.2, 0.25) is 5.91 Å². The lowest BCUT2D eigenvalue weighted by atomic mass is 9.88. The molecule has 2 N–H and O–H groups in total. The first-order valence-corrected chi connectivity index (χ1v) is 9.41. The molecule has 1 aliphatic carbocycles. The maximum atomic E-state index is 12.2. The summed E-state index contributed by atoms with van der Waals surface area (Å²) < 4.78 is 0. The molecule has 3 atom stereocenters. The molecule has 4 rings (SSSR count). The quantitative estimate of drug-likeness (QED) is 0.842. The van der Waals surface area contributed by atoms with E-state index in [1.54, 1.807) is 7.05 Å². The summed E-state index contributed by atoms with van der Waals surface area (Å²) in [6, 6.07) is 19.0. The van der Waals surface area contributed by atoms with E-state index in [1.807, 2.05) is 18.2 Å². The molecule has 0 saturated heterocycles. The molecule has 4 heteroatoms. The van der Waals surface area contributed by atoms with Crippen molar-refractivity contribution in [3.8, 4) is 0 Å².